The number of hydrogen-bond donors (Lipinski definition) is 2. The molecule has 0 spiro atoms. The molecule has 2 aromatic heterocycles. The molecule has 2 heterocycles. The van der Waals surface area contributed by atoms with Crippen LogP contribution in [0.15, 0.2) is 34.8 Å². The number of allylic oxidation sites excluding steroid dienone is 4. The van der Waals surface area contributed by atoms with Gasteiger partial charge in [-0.25, -0.2) is 4.98 Å². The number of fused-ring (bicyclic) bond motifs is 1. The van der Waals surface area contributed by atoms with Crippen molar-refractivity contribution in [2.24, 2.45) is 0 Å². The predicted octanol–water partition coefficient (Wildman–Crippen LogP) is 2.02. The first-order valence-electron chi connectivity index (χ1n) is 6.18. The Hall–Kier alpha value is -2.43. The Morgan fingerprint density at radius 1 is 1.32 bits per heavy atom. The molecule has 1 aliphatic rings. The van der Waals surface area contributed by atoms with Crippen molar-refractivity contribution in [2.75, 3.05) is 5.73 Å². The molecule has 0 unspecified atom stereocenters. The normalized spacial score (nSPS) is 15.2. The molecular formula is C14H14N4O. The van der Waals surface area contributed by atoms with Crippen LogP contribution in [0.2, 0.25) is 0 Å². The second kappa shape index (κ2) is 4.35. The summed E-state index contributed by atoms with van der Waals surface area (Å²) in [6.07, 6.45) is 7.87. The summed E-state index contributed by atoms with van der Waals surface area (Å²) in [6, 6.07) is 1.82. The van der Waals surface area contributed by atoms with Crippen LogP contribution in [-0.2, 0) is 0 Å². The van der Waals surface area contributed by atoms with Gasteiger partial charge in [0.25, 0.3) is 5.56 Å². The van der Waals surface area contributed by atoms with Gasteiger partial charge in [-0.2, -0.15) is 4.98 Å². The summed E-state index contributed by atoms with van der Waals surface area (Å²) in [4.78, 5) is 22.9. The van der Waals surface area contributed by atoms with E-state index in [1.165, 1.54) is 0 Å². The van der Waals surface area contributed by atoms with Crippen molar-refractivity contribution in [3.8, 4) is 0 Å². The van der Waals surface area contributed by atoms with E-state index >= 15 is 0 Å². The van der Waals surface area contributed by atoms with Crippen molar-refractivity contribution < 1.29 is 0 Å². The SMILES string of the molecule is CC1=CCCC=C1c1cc2cnc(N)nc2[nH]c1=O. The van der Waals surface area contributed by atoms with Crippen LogP contribution in [0.5, 0.6) is 0 Å². The van der Waals surface area contributed by atoms with Crippen molar-refractivity contribution in [1.29, 1.82) is 0 Å². The van der Waals surface area contributed by atoms with Gasteiger partial charge in [0.15, 0.2) is 0 Å². The first-order chi connectivity index (χ1) is 9.15. The highest BCUT2D eigenvalue weighted by atomic mass is 16.1. The van der Waals surface area contributed by atoms with E-state index in [1.54, 1.807) is 6.20 Å². The molecule has 0 atom stereocenters. The second-order valence-electron chi connectivity index (χ2n) is 4.63. The van der Waals surface area contributed by atoms with E-state index in [0.29, 0.717) is 11.2 Å². The number of nitrogens with two attached hydrogens (primary N) is 1. The van der Waals surface area contributed by atoms with E-state index in [1.807, 2.05) is 13.0 Å². The highest BCUT2D eigenvalue weighted by Crippen LogP contribution is 2.26. The van der Waals surface area contributed by atoms with Gasteiger partial charge < -0.3 is 10.7 Å². The van der Waals surface area contributed by atoms with Crippen molar-refractivity contribution in [3.05, 3.63) is 45.9 Å². The lowest BCUT2D eigenvalue weighted by Gasteiger charge is -2.12. The molecule has 96 valence electrons. The Morgan fingerprint density at radius 3 is 2.89 bits per heavy atom. The lowest BCUT2D eigenvalue weighted by atomic mass is 9.93. The van der Waals surface area contributed by atoms with E-state index in [0.717, 1.165) is 29.4 Å². The first kappa shape index (κ1) is 11.6. The molecule has 2 aromatic rings. The lowest BCUT2D eigenvalue weighted by molar-refractivity contribution is 1.02. The number of nitrogens with one attached hydrogen (secondary N) is 1. The maximum atomic E-state index is 12.2. The number of pyridine rings is 1. The van der Waals surface area contributed by atoms with Crippen molar-refractivity contribution >= 4 is 22.6 Å². The first-order valence-corrected chi connectivity index (χ1v) is 6.18. The minimum Gasteiger partial charge on any atom is -0.368 e. The summed E-state index contributed by atoms with van der Waals surface area (Å²) in [5.41, 5.74) is 8.62. The third-order valence-electron chi connectivity index (χ3n) is 3.29. The van der Waals surface area contributed by atoms with Gasteiger partial charge in [0, 0.05) is 17.1 Å². The average molecular weight is 254 g/mol. The van der Waals surface area contributed by atoms with E-state index in [-0.39, 0.29) is 11.5 Å². The van der Waals surface area contributed by atoms with Gasteiger partial charge in [0.1, 0.15) is 5.65 Å². The van der Waals surface area contributed by atoms with Crippen LogP contribution in [0.4, 0.5) is 5.95 Å². The Kier molecular flexibility index (Phi) is 2.67. The van der Waals surface area contributed by atoms with E-state index < -0.39 is 0 Å². The molecule has 5 heteroatoms. The maximum absolute atomic E-state index is 12.2. The highest BCUT2D eigenvalue weighted by molar-refractivity contribution is 5.85. The smallest absolute Gasteiger partial charge is 0.257 e. The fraction of sp³-hybridized carbons (Fsp3) is 0.214. The molecule has 0 aromatic carbocycles. The monoisotopic (exact) mass is 254 g/mol. The molecule has 0 saturated heterocycles. The van der Waals surface area contributed by atoms with E-state index in [2.05, 4.69) is 27.1 Å². The standard InChI is InChI=1S/C14H14N4O/c1-8-4-2-3-5-10(8)11-6-9-7-16-14(15)18-12(9)17-13(11)19/h4-7H,2-3H2,1H3,(H3,15,16,17,18,19). The fourth-order valence-electron chi connectivity index (χ4n) is 2.33. The van der Waals surface area contributed by atoms with Crippen LogP contribution in [0, 0.1) is 0 Å². The number of aromatic nitrogens is 3. The van der Waals surface area contributed by atoms with Crippen LogP contribution in [-0.4, -0.2) is 15.0 Å². The largest absolute Gasteiger partial charge is 0.368 e. The number of rotatable bonds is 1. The Labute approximate surface area is 109 Å². The van der Waals surface area contributed by atoms with Crippen LogP contribution < -0.4 is 11.3 Å². The minimum atomic E-state index is -0.147. The summed E-state index contributed by atoms with van der Waals surface area (Å²) < 4.78 is 0. The molecule has 5 nitrogen and oxygen atoms in total. The van der Waals surface area contributed by atoms with Gasteiger partial charge in [-0.05, 0) is 37.0 Å². The zero-order valence-corrected chi connectivity index (χ0v) is 10.6. The van der Waals surface area contributed by atoms with Gasteiger partial charge in [0.05, 0.1) is 0 Å². The molecule has 3 rings (SSSR count). The number of anilines is 1. The Balaban J connectivity index is 2.23. The zero-order valence-electron chi connectivity index (χ0n) is 10.6. The molecular weight excluding hydrogens is 240 g/mol. The van der Waals surface area contributed by atoms with Crippen molar-refractivity contribution in [2.45, 2.75) is 19.8 Å². The molecule has 0 bridgehead atoms. The number of aromatic amines is 1. The summed E-state index contributed by atoms with van der Waals surface area (Å²) in [7, 11) is 0. The highest BCUT2D eigenvalue weighted by Gasteiger charge is 2.12. The third-order valence-corrected chi connectivity index (χ3v) is 3.29. The van der Waals surface area contributed by atoms with Gasteiger partial charge in [0.2, 0.25) is 5.95 Å². The summed E-state index contributed by atoms with van der Waals surface area (Å²) in [6.45, 7) is 2.02. The van der Waals surface area contributed by atoms with Crippen molar-refractivity contribution in [1.82, 2.24) is 15.0 Å². The van der Waals surface area contributed by atoms with Gasteiger partial charge in [-0.3, -0.25) is 4.79 Å². The number of nitrogens with zero attached hydrogens (tertiary/aromatic N) is 2. The minimum absolute atomic E-state index is 0.147. The summed E-state index contributed by atoms with van der Waals surface area (Å²) in [5, 5.41) is 0.781. The topological polar surface area (TPSA) is 84.7 Å². The van der Waals surface area contributed by atoms with Gasteiger partial charge in [-0.1, -0.05) is 12.2 Å². The summed E-state index contributed by atoms with van der Waals surface area (Å²) >= 11 is 0. The molecule has 0 aliphatic heterocycles. The van der Waals surface area contributed by atoms with Crippen LogP contribution in [0.3, 0.4) is 0 Å². The molecule has 0 saturated carbocycles. The van der Waals surface area contributed by atoms with Crippen molar-refractivity contribution in [3.63, 3.8) is 0 Å². The lowest BCUT2D eigenvalue weighted by Crippen LogP contribution is -2.14. The Bertz CT molecular complexity index is 771. The quantitative estimate of drug-likeness (QED) is 0.815. The van der Waals surface area contributed by atoms with Crippen LogP contribution >= 0.6 is 0 Å². The summed E-state index contributed by atoms with van der Waals surface area (Å²) in [5.74, 6) is 0.156. The van der Waals surface area contributed by atoms with E-state index in [9.17, 15) is 4.79 Å². The molecule has 0 fully saturated rings. The van der Waals surface area contributed by atoms with E-state index in [4.69, 9.17) is 5.73 Å². The number of H-pyrrole nitrogens is 1. The fourth-order valence-corrected chi connectivity index (χ4v) is 2.33. The zero-order chi connectivity index (χ0) is 13.4. The second-order valence-corrected chi connectivity index (χ2v) is 4.63. The van der Waals surface area contributed by atoms with Gasteiger partial charge in [-0.15, -0.1) is 0 Å². The molecule has 1 aliphatic carbocycles. The molecule has 19 heavy (non-hydrogen) atoms. The predicted molar refractivity (Wildman–Crippen MR) is 75.5 cm³/mol. The molecule has 0 radical (unpaired) electrons. The number of hydrogen-bond acceptors (Lipinski definition) is 4. The third kappa shape index (κ3) is 2.03. The molecule has 3 N–H and O–H groups in total. The van der Waals surface area contributed by atoms with Gasteiger partial charge >= 0.3 is 0 Å². The maximum Gasteiger partial charge on any atom is 0.257 e. The van der Waals surface area contributed by atoms with Crippen LogP contribution in [0.1, 0.15) is 25.3 Å². The number of nitrogen functional groups attached to an aromatic ring is 1. The Morgan fingerprint density at radius 2 is 2.11 bits per heavy atom. The molecule has 0 amide bonds. The average Bonchev–Trinajstić information content (AvgIpc) is 2.39. The van der Waals surface area contributed by atoms with Crippen LogP contribution in [0.25, 0.3) is 16.6 Å².